The van der Waals surface area contributed by atoms with Crippen molar-refractivity contribution in [2.75, 3.05) is 7.05 Å². The van der Waals surface area contributed by atoms with Gasteiger partial charge < -0.3 is 0 Å². The van der Waals surface area contributed by atoms with E-state index in [1.54, 1.807) is 0 Å². The van der Waals surface area contributed by atoms with Crippen LogP contribution in [0.5, 0.6) is 0 Å². The monoisotopic (exact) mass is 540 g/mol. The zero-order valence-electron chi connectivity index (χ0n) is 22.8. The molecular weight excluding hydrogens is 501 g/mol. The molecule has 0 saturated heterocycles. The summed E-state index contributed by atoms with van der Waals surface area (Å²) in [6, 6.07) is 40.5. The molecule has 1 N–H and O–H groups in total. The second-order valence-electron chi connectivity index (χ2n) is 7.99. The van der Waals surface area contributed by atoms with Crippen LogP contribution in [-0.2, 0) is 18.6 Å². The van der Waals surface area contributed by atoms with Crippen LogP contribution in [0, 0.1) is 13.8 Å². The predicted octanol–water partition coefficient (Wildman–Crippen LogP) is 8.40. The minimum absolute atomic E-state index is 0. The van der Waals surface area contributed by atoms with E-state index in [1.807, 2.05) is 111 Å². The van der Waals surface area contributed by atoms with Gasteiger partial charge in [-0.05, 0) is 41.7 Å². The number of nitrogens with one attached hydrogen (secondary N) is 1. The normalized spacial score (nSPS) is 13.1. The molecule has 1 atom stereocenters. The Balaban J connectivity index is 0.000000286. The molecule has 0 amide bonds. The van der Waals surface area contributed by atoms with Gasteiger partial charge in [-0.3, -0.25) is 5.01 Å². The zero-order valence-corrected chi connectivity index (χ0v) is 24.2. The Labute approximate surface area is 242 Å². The summed E-state index contributed by atoms with van der Waals surface area (Å²) in [4.78, 5) is 4.53. The molecular formula is C34H39N3V. The SMILES string of the molecule is C=C(c1ccccc1)c1ccccc1.CC.[CH2]CC1=NC(c2ccccc2)NN1C.[CH2]c1ccccc1.[V]. The number of amidine groups is 1. The molecule has 0 bridgehead atoms. The molecule has 4 aromatic carbocycles. The Hall–Kier alpha value is -3.37. The van der Waals surface area contributed by atoms with E-state index in [1.165, 1.54) is 16.7 Å². The topological polar surface area (TPSA) is 27.6 Å². The van der Waals surface area contributed by atoms with Crippen LogP contribution in [0.1, 0.15) is 48.7 Å². The summed E-state index contributed by atoms with van der Waals surface area (Å²) in [6.45, 7) is 15.6. The van der Waals surface area contributed by atoms with Crippen molar-refractivity contribution in [2.24, 2.45) is 4.99 Å². The summed E-state index contributed by atoms with van der Waals surface area (Å²) in [5.41, 5.74) is 8.95. The molecule has 0 aromatic heterocycles. The molecule has 0 fully saturated rings. The van der Waals surface area contributed by atoms with Gasteiger partial charge in [-0.15, -0.1) is 0 Å². The summed E-state index contributed by atoms with van der Waals surface area (Å²) in [7, 11) is 1.97. The van der Waals surface area contributed by atoms with E-state index >= 15 is 0 Å². The van der Waals surface area contributed by atoms with Gasteiger partial charge in [-0.1, -0.05) is 142 Å². The first-order chi connectivity index (χ1) is 18.1. The molecule has 1 aliphatic rings. The molecule has 0 spiro atoms. The van der Waals surface area contributed by atoms with Crippen molar-refractivity contribution < 1.29 is 18.6 Å². The van der Waals surface area contributed by atoms with Gasteiger partial charge >= 0.3 is 0 Å². The van der Waals surface area contributed by atoms with Crippen molar-refractivity contribution in [1.82, 2.24) is 10.4 Å². The molecule has 38 heavy (non-hydrogen) atoms. The van der Waals surface area contributed by atoms with Crippen LogP contribution < -0.4 is 5.43 Å². The van der Waals surface area contributed by atoms with Crippen LogP contribution in [0.4, 0.5) is 0 Å². The van der Waals surface area contributed by atoms with Crippen molar-refractivity contribution in [3.05, 3.63) is 164 Å². The Kier molecular flexibility index (Phi) is 16.2. The largest absolute Gasteiger partial charge is 0.297 e. The molecule has 4 aromatic rings. The summed E-state index contributed by atoms with van der Waals surface area (Å²) in [6.07, 6.45) is 0.769. The van der Waals surface area contributed by atoms with Crippen molar-refractivity contribution >= 4 is 11.4 Å². The third kappa shape index (κ3) is 10.9. The maximum Gasteiger partial charge on any atom is 0.144 e. The molecule has 0 aliphatic carbocycles. The average Bonchev–Trinajstić information content (AvgIpc) is 3.37. The fourth-order valence-corrected chi connectivity index (χ4v) is 3.46. The summed E-state index contributed by atoms with van der Waals surface area (Å²) < 4.78 is 0. The van der Waals surface area contributed by atoms with Crippen LogP contribution >= 0.6 is 0 Å². The van der Waals surface area contributed by atoms with Gasteiger partial charge in [0.05, 0.1) is 0 Å². The van der Waals surface area contributed by atoms with Gasteiger partial charge in [0.15, 0.2) is 0 Å². The van der Waals surface area contributed by atoms with E-state index < -0.39 is 0 Å². The summed E-state index contributed by atoms with van der Waals surface area (Å²) in [5, 5.41) is 1.94. The van der Waals surface area contributed by atoms with Crippen molar-refractivity contribution in [2.45, 2.75) is 26.4 Å². The fraction of sp³-hybridized carbons (Fsp3) is 0.147. The van der Waals surface area contributed by atoms with E-state index in [0.29, 0.717) is 6.42 Å². The Morgan fingerprint density at radius 3 is 1.47 bits per heavy atom. The van der Waals surface area contributed by atoms with Gasteiger partial charge in [-0.25, -0.2) is 10.4 Å². The Morgan fingerprint density at radius 1 is 0.737 bits per heavy atom. The summed E-state index contributed by atoms with van der Waals surface area (Å²) in [5.74, 6) is 0.999. The third-order valence-electron chi connectivity index (χ3n) is 5.41. The van der Waals surface area contributed by atoms with E-state index in [0.717, 1.165) is 17.0 Å². The quantitative estimate of drug-likeness (QED) is 0.281. The van der Waals surface area contributed by atoms with Gasteiger partial charge in [-0.2, -0.15) is 0 Å². The first-order valence-corrected chi connectivity index (χ1v) is 12.7. The molecule has 3 radical (unpaired) electrons. The van der Waals surface area contributed by atoms with E-state index in [9.17, 15) is 0 Å². The second kappa shape index (κ2) is 18.8. The minimum Gasteiger partial charge on any atom is -0.297 e. The number of rotatable bonds is 4. The van der Waals surface area contributed by atoms with Crippen LogP contribution in [0.15, 0.2) is 133 Å². The molecule has 0 saturated carbocycles. The zero-order chi connectivity index (χ0) is 26.9. The number of aliphatic imine (C=N–C) groups is 1. The van der Waals surface area contributed by atoms with Gasteiger partial charge in [0.25, 0.3) is 0 Å². The number of hydrazine groups is 1. The van der Waals surface area contributed by atoms with Crippen LogP contribution in [0.3, 0.4) is 0 Å². The molecule has 1 heterocycles. The maximum atomic E-state index is 4.53. The predicted molar refractivity (Wildman–Crippen MR) is 161 cm³/mol. The molecule has 195 valence electrons. The number of hydrogen-bond acceptors (Lipinski definition) is 3. The Bertz CT molecular complexity index is 1140. The smallest absolute Gasteiger partial charge is 0.144 e. The van der Waals surface area contributed by atoms with Crippen molar-refractivity contribution in [3.8, 4) is 0 Å². The van der Waals surface area contributed by atoms with E-state index in [4.69, 9.17) is 0 Å². The third-order valence-corrected chi connectivity index (χ3v) is 5.41. The molecule has 4 heteroatoms. The molecule has 3 nitrogen and oxygen atoms in total. The second-order valence-corrected chi connectivity index (χ2v) is 7.99. The fourth-order valence-electron chi connectivity index (χ4n) is 3.46. The Morgan fingerprint density at radius 2 is 1.13 bits per heavy atom. The van der Waals surface area contributed by atoms with Gasteiger partial charge in [0.2, 0.25) is 0 Å². The molecule has 5 rings (SSSR count). The van der Waals surface area contributed by atoms with Crippen LogP contribution in [-0.4, -0.2) is 17.9 Å². The molecule has 1 aliphatic heterocycles. The number of nitrogens with zero attached hydrogens (tertiary/aromatic N) is 2. The maximum absolute atomic E-state index is 4.53. The first kappa shape index (κ1) is 32.7. The van der Waals surface area contributed by atoms with Gasteiger partial charge in [0.1, 0.15) is 12.0 Å². The van der Waals surface area contributed by atoms with Crippen LogP contribution in [0.25, 0.3) is 5.57 Å². The van der Waals surface area contributed by atoms with Crippen molar-refractivity contribution in [3.63, 3.8) is 0 Å². The summed E-state index contributed by atoms with van der Waals surface area (Å²) >= 11 is 0. The van der Waals surface area contributed by atoms with Crippen molar-refractivity contribution in [1.29, 1.82) is 0 Å². The van der Waals surface area contributed by atoms with Gasteiger partial charge in [0, 0.05) is 32.0 Å². The average molecular weight is 541 g/mol. The first-order valence-electron chi connectivity index (χ1n) is 12.7. The number of hydrogen-bond donors (Lipinski definition) is 1. The van der Waals surface area contributed by atoms with E-state index in [-0.39, 0.29) is 24.7 Å². The van der Waals surface area contributed by atoms with E-state index in [2.05, 4.69) is 67.2 Å². The minimum atomic E-state index is 0. The standard InChI is InChI=1S/C14H12.C11H14N3.C7H7.C2H6.V/c1-12(13-8-4-2-5-9-13)14-10-6-3-7-11-14;1-3-10-12-11(13-14(10)2)9-7-5-4-6-8-9;1-7-5-3-2-4-6-7;1-2;/h2-11H,1H2;4-8,11,13H,1,3H2,2H3;2-6H,1H2;1-2H3;. The van der Waals surface area contributed by atoms with Crippen LogP contribution in [0.2, 0.25) is 0 Å². The molecule has 1 unspecified atom stereocenters. The number of benzene rings is 4.